The van der Waals surface area contributed by atoms with Gasteiger partial charge in [0.2, 0.25) is 5.91 Å². The molecule has 4 aromatic rings. The summed E-state index contributed by atoms with van der Waals surface area (Å²) in [5, 5.41) is 12.0. The van der Waals surface area contributed by atoms with Crippen LogP contribution in [0.3, 0.4) is 0 Å². The van der Waals surface area contributed by atoms with E-state index in [1.807, 2.05) is 47.9 Å². The van der Waals surface area contributed by atoms with E-state index < -0.39 is 0 Å². The third-order valence-corrected chi connectivity index (χ3v) is 5.35. The van der Waals surface area contributed by atoms with Gasteiger partial charge in [-0.15, -0.1) is 10.2 Å². The molecular weight excluding hydrogens is 429 g/mol. The van der Waals surface area contributed by atoms with Gasteiger partial charge >= 0.3 is 0 Å². The fraction of sp³-hybridized carbons (Fsp3) is 0.130. The maximum absolute atomic E-state index is 13.1. The highest BCUT2D eigenvalue weighted by molar-refractivity contribution is 7.99. The van der Waals surface area contributed by atoms with Gasteiger partial charge in [0, 0.05) is 29.3 Å². The molecule has 2 aromatic carbocycles. The van der Waals surface area contributed by atoms with Crippen molar-refractivity contribution in [3.63, 3.8) is 0 Å². The zero-order valence-corrected chi connectivity index (χ0v) is 18.1. The van der Waals surface area contributed by atoms with Gasteiger partial charge < -0.3 is 10.1 Å². The number of ether oxygens (including phenoxy) is 1. The first-order chi connectivity index (χ1) is 15.6. The summed E-state index contributed by atoms with van der Waals surface area (Å²) in [5.74, 6) is 0.901. The van der Waals surface area contributed by atoms with Crippen molar-refractivity contribution in [1.29, 1.82) is 0 Å². The zero-order valence-electron chi connectivity index (χ0n) is 17.2. The van der Waals surface area contributed by atoms with Gasteiger partial charge in [-0.1, -0.05) is 11.8 Å². The lowest BCUT2D eigenvalue weighted by atomic mass is 10.2. The van der Waals surface area contributed by atoms with E-state index in [0.717, 1.165) is 17.0 Å². The van der Waals surface area contributed by atoms with Gasteiger partial charge in [0.15, 0.2) is 11.0 Å². The number of anilines is 1. The number of nitrogens with one attached hydrogen (secondary N) is 1. The molecule has 0 aliphatic heterocycles. The van der Waals surface area contributed by atoms with Crippen molar-refractivity contribution < 1.29 is 13.9 Å². The fourth-order valence-electron chi connectivity index (χ4n) is 3.00. The van der Waals surface area contributed by atoms with Crippen molar-refractivity contribution in [2.75, 3.05) is 17.7 Å². The van der Waals surface area contributed by atoms with Crippen LogP contribution in [-0.4, -0.2) is 38.0 Å². The average Bonchev–Trinajstić information content (AvgIpc) is 3.24. The largest absolute Gasteiger partial charge is 0.494 e. The van der Waals surface area contributed by atoms with Crippen LogP contribution in [-0.2, 0) is 4.79 Å². The molecule has 9 heteroatoms. The molecule has 32 heavy (non-hydrogen) atoms. The summed E-state index contributed by atoms with van der Waals surface area (Å²) in [6.45, 7) is 2.51. The minimum absolute atomic E-state index is 0.111. The Morgan fingerprint density at radius 2 is 1.88 bits per heavy atom. The summed E-state index contributed by atoms with van der Waals surface area (Å²) in [6.07, 6.45) is 3.40. The molecule has 0 fully saturated rings. The van der Waals surface area contributed by atoms with Crippen molar-refractivity contribution in [2.45, 2.75) is 12.1 Å². The number of hydrogen-bond donors (Lipinski definition) is 1. The number of aromatic nitrogens is 4. The first-order valence-electron chi connectivity index (χ1n) is 9.91. The Balaban J connectivity index is 1.58. The van der Waals surface area contributed by atoms with Gasteiger partial charge in [-0.25, -0.2) is 4.39 Å². The highest BCUT2D eigenvalue weighted by Gasteiger charge is 2.17. The Kier molecular flexibility index (Phi) is 6.76. The number of nitrogens with zero attached hydrogens (tertiary/aromatic N) is 4. The summed E-state index contributed by atoms with van der Waals surface area (Å²) in [5.41, 5.74) is 2.16. The van der Waals surface area contributed by atoms with Gasteiger partial charge in [0.25, 0.3) is 0 Å². The zero-order chi connectivity index (χ0) is 22.3. The van der Waals surface area contributed by atoms with Crippen LogP contribution < -0.4 is 10.1 Å². The van der Waals surface area contributed by atoms with E-state index in [0.29, 0.717) is 23.3 Å². The lowest BCUT2D eigenvalue weighted by molar-refractivity contribution is -0.113. The molecule has 2 heterocycles. The van der Waals surface area contributed by atoms with Crippen LogP contribution in [0.4, 0.5) is 10.1 Å². The lowest BCUT2D eigenvalue weighted by Gasteiger charge is -2.11. The molecule has 1 N–H and O–H groups in total. The summed E-state index contributed by atoms with van der Waals surface area (Å²) in [7, 11) is 0. The second kappa shape index (κ2) is 10.1. The third-order valence-electron chi connectivity index (χ3n) is 4.42. The number of thioether (sulfide) groups is 1. The van der Waals surface area contributed by atoms with Crippen LogP contribution in [0.1, 0.15) is 6.92 Å². The van der Waals surface area contributed by atoms with E-state index in [1.165, 1.54) is 36.0 Å². The van der Waals surface area contributed by atoms with Crippen molar-refractivity contribution in [2.24, 2.45) is 0 Å². The van der Waals surface area contributed by atoms with Gasteiger partial charge in [0.1, 0.15) is 11.6 Å². The second-order valence-electron chi connectivity index (χ2n) is 6.65. The Labute approximate surface area is 188 Å². The Morgan fingerprint density at radius 1 is 1.09 bits per heavy atom. The second-order valence-corrected chi connectivity index (χ2v) is 7.60. The third kappa shape index (κ3) is 5.12. The Hall–Kier alpha value is -3.72. The smallest absolute Gasteiger partial charge is 0.234 e. The van der Waals surface area contributed by atoms with E-state index in [1.54, 1.807) is 12.4 Å². The minimum Gasteiger partial charge on any atom is -0.494 e. The first kappa shape index (κ1) is 21.5. The quantitative estimate of drug-likeness (QED) is 0.396. The molecule has 0 radical (unpaired) electrons. The standard InChI is InChI=1S/C23H20FN5O2S/c1-2-31-20-11-9-19(10-12-20)29-22(16-4-3-13-25-14-16)27-28-23(29)32-15-21(30)26-18-7-5-17(24)6-8-18/h3-14H,2,15H2,1H3,(H,26,30). The maximum Gasteiger partial charge on any atom is 0.234 e. The topological polar surface area (TPSA) is 81.9 Å². The molecule has 0 aliphatic carbocycles. The lowest BCUT2D eigenvalue weighted by Crippen LogP contribution is -2.14. The molecule has 162 valence electrons. The SMILES string of the molecule is CCOc1ccc(-n2c(SCC(=O)Nc3ccc(F)cc3)nnc2-c2cccnc2)cc1. The average molecular weight is 450 g/mol. The monoisotopic (exact) mass is 449 g/mol. The van der Waals surface area contributed by atoms with Crippen LogP contribution in [0.25, 0.3) is 17.1 Å². The molecule has 1 amide bonds. The molecule has 0 atom stereocenters. The summed E-state index contributed by atoms with van der Waals surface area (Å²) < 4.78 is 20.5. The molecule has 7 nitrogen and oxygen atoms in total. The maximum atomic E-state index is 13.1. The van der Waals surface area contributed by atoms with Crippen molar-refractivity contribution in [3.05, 3.63) is 78.9 Å². The number of carbonyl (C=O) groups excluding carboxylic acids is 1. The minimum atomic E-state index is -0.358. The summed E-state index contributed by atoms with van der Waals surface area (Å²) in [4.78, 5) is 16.6. The van der Waals surface area contributed by atoms with Gasteiger partial charge in [-0.3, -0.25) is 14.3 Å². The summed E-state index contributed by atoms with van der Waals surface area (Å²) in [6, 6.07) is 16.9. The molecule has 0 aliphatic rings. The van der Waals surface area contributed by atoms with E-state index in [9.17, 15) is 9.18 Å². The van der Waals surface area contributed by atoms with Crippen LogP contribution in [0.15, 0.2) is 78.2 Å². The molecule has 0 saturated heterocycles. The number of amides is 1. The van der Waals surface area contributed by atoms with Crippen molar-refractivity contribution in [1.82, 2.24) is 19.7 Å². The number of pyridine rings is 1. The molecule has 0 spiro atoms. The summed E-state index contributed by atoms with van der Waals surface area (Å²) >= 11 is 1.25. The number of rotatable bonds is 8. The fourth-order valence-corrected chi connectivity index (χ4v) is 3.75. The number of benzene rings is 2. The Morgan fingerprint density at radius 3 is 2.56 bits per heavy atom. The predicted molar refractivity (Wildman–Crippen MR) is 122 cm³/mol. The number of carbonyl (C=O) groups is 1. The molecule has 0 unspecified atom stereocenters. The van der Waals surface area contributed by atoms with Gasteiger partial charge in [0.05, 0.1) is 12.4 Å². The number of halogens is 1. The highest BCUT2D eigenvalue weighted by atomic mass is 32.2. The molecule has 2 aromatic heterocycles. The molecule has 0 bridgehead atoms. The van der Waals surface area contributed by atoms with E-state index in [4.69, 9.17) is 4.74 Å². The van der Waals surface area contributed by atoms with Gasteiger partial charge in [-0.05, 0) is 67.6 Å². The van der Waals surface area contributed by atoms with Crippen LogP contribution in [0, 0.1) is 5.82 Å². The van der Waals surface area contributed by atoms with E-state index >= 15 is 0 Å². The van der Waals surface area contributed by atoms with Crippen molar-refractivity contribution >= 4 is 23.4 Å². The molecule has 4 rings (SSSR count). The van der Waals surface area contributed by atoms with Crippen LogP contribution in [0.2, 0.25) is 0 Å². The highest BCUT2D eigenvalue weighted by Crippen LogP contribution is 2.28. The Bertz CT molecular complexity index is 1180. The van der Waals surface area contributed by atoms with Crippen molar-refractivity contribution in [3.8, 4) is 22.8 Å². The number of hydrogen-bond acceptors (Lipinski definition) is 6. The predicted octanol–water partition coefficient (Wildman–Crippen LogP) is 4.60. The van der Waals surface area contributed by atoms with Crippen LogP contribution in [0.5, 0.6) is 5.75 Å². The molecular formula is C23H20FN5O2S. The first-order valence-corrected chi connectivity index (χ1v) is 10.9. The van der Waals surface area contributed by atoms with E-state index in [2.05, 4.69) is 20.5 Å². The van der Waals surface area contributed by atoms with Gasteiger partial charge in [-0.2, -0.15) is 0 Å². The van der Waals surface area contributed by atoms with Crippen LogP contribution >= 0.6 is 11.8 Å². The normalized spacial score (nSPS) is 10.7. The van der Waals surface area contributed by atoms with E-state index in [-0.39, 0.29) is 17.5 Å². The molecule has 0 saturated carbocycles.